The van der Waals surface area contributed by atoms with E-state index in [1.807, 2.05) is 0 Å². The van der Waals surface area contributed by atoms with Gasteiger partial charge in [0.1, 0.15) is 0 Å². The summed E-state index contributed by atoms with van der Waals surface area (Å²) in [5, 5.41) is 1.09. The molecule has 0 atom stereocenters. The predicted octanol–water partition coefficient (Wildman–Crippen LogP) is 3.21. The van der Waals surface area contributed by atoms with Crippen molar-refractivity contribution in [3.05, 3.63) is 29.8 Å². The zero-order chi connectivity index (χ0) is 13.2. The summed E-state index contributed by atoms with van der Waals surface area (Å²) in [7, 11) is 0. The summed E-state index contributed by atoms with van der Waals surface area (Å²) in [5.41, 5.74) is 2.75. The minimum atomic E-state index is 0.920. The van der Waals surface area contributed by atoms with Gasteiger partial charge in [-0.2, -0.15) is 0 Å². The van der Waals surface area contributed by atoms with Gasteiger partial charge < -0.3 is 0 Å². The number of rotatable bonds is 3. The van der Waals surface area contributed by atoms with Crippen LogP contribution in [0.25, 0.3) is 0 Å². The van der Waals surface area contributed by atoms with Gasteiger partial charge in [-0.25, -0.2) is 0 Å². The summed E-state index contributed by atoms with van der Waals surface area (Å²) in [5.74, 6) is 0. The number of quaternary nitrogens is 1. The van der Waals surface area contributed by atoms with Gasteiger partial charge in [-0.15, -0.1) is 0 Å². The summed E-state index contributed by atoms with van der Waals surface area (Å²) >= 11 is 5.82. The average Bonchev–Trinajstić information content (AvgIpc) is 2.85. The van der Waals surface area contributed by atoms with Crippen LogP contribution in [-0.2, 0) is 6.42 Å². The van der Waals surface area contributed by atoms with Gasteiger partial charge in [-0.3, -0.25) is 9.38 Å². The Hall–Kier alpha value is -0.930. The second kappa shape index (κ2) is 5.37. The van der Waals surface area contributed by atoms with Crippen molar-refractivity contribution in [1.29, 1.82) is 0 Å². The molecule has 0 bridgehead atoms. The molecule has 3 heteroatoms. The van der Waals surface area contributed by atoms with E-state index < -0.39 is 0 Å². The molecule has 1 aromatic carbocycles. The number of thiocarbonyl (C=S) groups is 1. The molecule has 1 aromatic rings. The molecule has 0 aromatic heterocycles. The third kappa shape index (κ3) is 2.06. The molecule has 0 saturated heterocycles. The van der Waals surface area contributed by atoms with Crippen LogP contribution >= 0.6 is 12.2 Å². The smallest absolute Gasteiger partial charge is 0.277 e. The van der Waals surface area contributed by atoms with Gasteiger partial charge in [-0.05, 0) is 38.8 Å². The number of anilines is 1. The van der Waals surface area contributed by atoms with E-state index in [1.165, 1.54) is 11.3 Å². The lowest BCUT2D eigenvalue weighted by Crippen LogP contribution is -2.58. The molecule has 0 aliphatic carbocycles. The molecule has 2 rings (SSSR count). The first kappa shape index (κ1) is 13.5. The van der Waals surface area contributed by atoms with Gasteiger partial charge in [0.05, 0.1) is 19.6 Å². The first-order valence-electron chi connectivity index (χ1n) is 6.94. The van der Waals surface area contributed by atoms with E-state index >= 15 is 0 Å². The Morgan fingerprint density at radius 2 is 1.78 bits per heavy atom. The Balaban J connectivity index is 2.31. The largest absolute Gasteiger partial charge is 0.287 e. The minimum Gasteiger partial charge on any atom is -0.287 e. The average molecular weight is 263 g/mol. The van der Waals surface area contributed by atoms with Gasteiger partial charge in [0, 0.05) is 24.5 Å². The standard InChI is InChI=1S/C15H23N2S/c1-4-17(5-2,6-3)15(18)16-12-11-13-9-7-8-10-14(13)16/h7-10H,4-6,11-12H2,1-3H3/q+1. The van der Waals surface area contributed by atoms with Crippen LogP contribution in [0, 0.1) is 0 Å². The van der Waals surface area contributed by atoms with E-state index in [0.717, 1.165) is 42.2 Å². The molecule has 1 aliphatic heterocycles. The van der Waals surface area contributed by atoms with Crippen molar-refractivity contribution in [2.45, 2.75) is 27.2 Å². The molecular formula is C15H23N2S+. The lowest BCUT2D eigenvalue weighted by atomic mass is 10.2. The maximum absolute atomic E-state index is 5.82. The molecule has 0 amide bonds. The van der Waals surface area contributed by atoms with Crippen LogP contribution in [0.5, 0.6) is 0 Å². The molecule has 0 radical (unpaired) electrons. The molecule has 98 valence electrons. The summed E-state index contributed by atoms with van der Waals surface area (Å²) in [4.78, 5) is 2.35. The molecule has 0 saturated carbocycles. The second-order valence-corrected chi connectivity index (χ2v) is 5.27. The van der Waals surface area contributed by atoms with E-state index in [1.54, 1.807) is 0 Å². The fraction of sp³-hybridized carbons (Fsp3) is 0.533. The summed E-state index contributed by atoms with van der Waals surface area (Å²) in [6.07, 6.45) is 1.12. The van der Waals surface area contributed by atoms with Crippen molar-refractivity contribution in [2.24, 2.45) is 0 Å². The number of nitrogens with zero attached hydrogens (tertiary/aromatic N) is 2. The summed E-state index contributed by atoms with van der Waals surface area (Å²) in [6.45, 7) is 11.0. The number of benzene rings is 1. The summed E-state index contributed by atoms with van der Waals surface area (Å²) in [6, 6.07) is 8.64. The van der Waals surface area contributed by atoms with E-state index in [0.29, 0.717) is 0 Å². The zero-order valence-electron chi connectivity index (χ0n) is 11.6. The van der Waals surface area contributed by atoms with E-state index in [4.69, 9.17) is 12.2 Å². The predicted molar refractivity (Wildman–Crippen MR) is 82.0 cm³/mol. The fourth-order valence-corrected chi connectivity index (χ4v) is 3.45. The van der Waals surface area contributed by atoms with Crippen LogP contribution < -0.4 is 4.90 Å². The highest BCUT2D eigenvalue weighted by atomic mass is 32.1. The number of fused-ring (bicyclic) bond motifs is 1. The van der Waals surface area contributed by atoms with Crippen molar-refractivity contribution in [3.8, 4) is 0 Å². The molecule has 18 heavy (non-hydrogen) atoms. The number of hydrogen-bond acceptors (Lipinski definition) is 1. The van der Waals surface area contributed by atoms with Crippen LogP contribution in [0.4, 0.5) is 5.69 Å². The van der Waals surface area contributed by atoms with Crippen molar-refractivity contribution < 1.29 is 4.48 Å². The fourth-order valence-electron chi connectivity index (χ4n) is 2.87. The first-order valence-corrected chi connectivity index (χ1v) is 7.35. The monoisotopic (exact) mass is 263 g/mol. The van der Waals surface area contributed by atoms with Crippen molar-refractivity contribution in [3.63, 3.8) is 0 Å². The minimum absolute atomic E-state index is 0.920. The second-order valence-electron chi connectivity index (χ2n) is 4.91. The maximum Gasteiger partial charge on any atom is 0.277 e. The van der Waals surface area contributed by atoms with Gasteiger partial charge >= 0.3 is 0 Å². The molecule has 1 heterocycles. The molecule has 0 fully saturated rings. The van der Waals surface area contributed by atoms with Crippen LogP contribution in [-0.4, -0.2) is 35.8 Å². The Morgan fingerprint density at radius 3 is 2.39 bits per heavy atom. The van der Waals surface area contributed by atoms with E-state index in [9.17, 15) is 0 Å². The zero-order valence-corrected chi connectivity index (χ0v) is 12.5. The normalized spacial score (nSPS) is 14.7. The molecule has 0 unspecified atom stereocenters. The van der Waals surface area contributed by atoms with Gasteiger partial charge in [-0.1, -0.05) is 18.2 Å². The first-order chi connectivity index (χ1) is 8.68. The number of para-hydroxylation sites is 1. The van der Waals surface area contributed by atoms with Crippen LogP contribution in [0.15, 0.2) is 24.3 Å². The topological polar surface area (TPSA) is 3.24 Å². The van der Waals surface area contributed by atoms with Gasteiger partial charge in [0.15, 0.2) is 0 Å². The molecular weight excluding hydrogens is 240 g/mol. The Bertz CT molecular complexity index is 430. The summed E-state index contributed by atoms with van der Waals surface area (Å²) < 4.78 is 0.920. The Labute approximate surface area is 116 Å². The molecule has 0 N–H and O–H groups in total. The third-order valence-corrected chi connectivity index (χ3v) is 4.95. The van der Waals surface area contributed by atoms with Gasteiger partial charge in [0.2, 0.25) is 0 Å². The molecule has 1 aliphatic rings. The van der Waals surface area contributed by atoms with E-state index in [2.05, 4.69) is 49.9 Å². The maximum atomic E-state index is 5.82. The lowest BCUT2D eigenvalue weighted by molar-refractivity contribution is -0.834. The quantitative estimate of drug-likeness (QED) is 0.608. The van der Waals surface area contributed by atoms with Gasteiger partial charge in [0.25, 0.3) is 5.11 Å². The highest BCUT2D eigenvalue weighted by molar-refractivity contribution is 7.80. The lowest BCUT2D eigenvalue weighted by Gasteiger charge is -2.38. The Morgan fingerprint density at radius 1 is 1.17 bits per heavy atom. The highest BCUT2D eigenvalue weighted by Crippen LogP contribution is 2.30. The Kier molecular flexibility index (Phi) is 4.03. The number of hydrogen-bond donors (Lipinski definition) is 0. The van der Waals surface area contributed by atoms with Crippen LogP contribution in [0.3, 0.4) is 0 Å². The van der Waals surface area contributed by atoms with Crippen molar-refractivity contribution in [1.82, 2.24) is 0 Å². The molecule has 0 spiro atoms. The highest BCUT2D eigenvalue weighted by Gasteiger charge is 2.35. The third-order valence-electron chi connectivity index (χ3n) is 4.34. The van der Waals surface area contributed by atoms with Crippen molar-refractivity contribution >= 4 is 23.0 Å². The van der Waals surface area contributed by atoms with Crippen LogP contribution in [0.1, 0.15) is 26.3 Å². The molecule has 2 nitrogen and oxygen atoms in total. The SMILES string of the molecule is CC[N+](CC)(CC)C(=S)N1CCc2ccccc21. The van der Waals surface area contributed by atoms with Crippen LogP contribution in [0.2, 0.25) is 0 Å². The van der Waals surface area contributed by atoms with E-state index in [-0.39, 0.29) is 0 Å². The van der Waals surface area contributed by atoms with Crippen molar-refractivity contribution in [2.75, 3.05) is 31.1 Å².